The van der Waals surface area contributed by atoms with Crippen LogP contribution in [0.5, 0.6) is 0 Å². The average Bonchev–Trinajstić information content (AvgIpc) is 3.16. The molecule has 0 radical (unpaired) electrons. The predicted octanol–water partition coefficient (Wildman–Crippen LogP) is 1.47. The number of amides is 1. The number of piperazine rings is 1. The average molecular weight is 347 g/mol. The summed E-state index contributed by atoms with van der Waals surface area (Å²) in [5.41, 5.74) is 0.606. The second-order valence-corrected chi connectivity index (χ2v) is 8.37. The molecule has 1 aromatic carbocycles. The van der Waals surface area contributed by atoms with Crippen LogP contribution in [-0.4, -0.2) is 56.1 Å². The van der Waals surface area contributed by atoms with Gasteiger partial charge in [-0.15, -0.1) is 4.40 Å². The van der Waals surface area contributed by atoms with Gasteiger partial charge in [0.05, 0.1) is 6.54 Å². The van der Waals surface area contributed by atoms with Crippen molar-refractivity contribution in [1.29, 1.82) is 0 Å². The summed E-state index contributed by atoms with van der Waals surface area (Å²) in [7, 11) is -3.63. The third kappa shape index (κ3) is 2.70. The first-order valence-electron chi connectivity index (χ1n) is 8.52. The van der Waals surface area contributed by atoms with Gasteiger partial charge in [-0.1, -0.05) is 25.0 Å². The van der Waals surface area contributed by atoms with Gasteiger partial charge in [0.25, 0.3) is 10.0 Å². The minimum atomic E-state index is -3.63. The summed E-state index contributed by atoms with van der Waals surface area (Å²) in [6, 6.07) is 6.82. The van der Waals surface area contributed by atoms with Gasteiger partial charge in [-0.25, -0.2) is 0 Å². The van der Waals surface area contributed by atoms with Gasteiger partial charge in [0.15, 0.2) is 5.84 Å². The molecule has 0 N–H and O–H groups in total. The van der Waals surface area contributed by atoms with Gasteiger partial charge < -0.3 is 9.80 Å². The maximum Gasteiger partial charge on any atom is 0.285 e. The van der Waals surface area contributed by atoms with Crippen LogP contribution >= 0.6 is 0 Å². The minimum Gasteiger partial charge on any atom is -0.344 e. The molecule has 128 valence electrons. The second kappa shape index (κ2) is 5.88. The third-order valence-electron chi connectivity index (χ3n) is 5.18. The van der Waals surface area contributed by atoms with E-state index in [2.05, 4.69) is 4.40 Å². The van der Waals surface area contributed by atoms with E-state index in [4.69, 9.17) is 0 Å². The zero-order valence-corrected chi connectivity index (χ0v) is 14.3. The highest BCUT2D eigenvalue weighted by atomic mass is 32.2. The Bertz CT molecular complexity index is 797. The Labute approximate surface area is 142 Å². The molecule has 4 rings (SSSR count). The predicted molar refractivity (Wildman–Crippen MR) is 90.3 cm³/mol. The molecule has 3 aliphatic rings. The second-order valence-electron chi connectivity index (χ2n) is 6.80. The Kier molecular flexibility index (Phi) is 3.83. The van der Waals surface area contributed by atoms with Gasteiger partial charge in [-0.3, -0.25) is 4.79 Å². The van der Waals surface area contributed by atoms with E-state index < -0.39 is 10.0 Å². The molecule has 6 nitrogen and oxygen atoms in total. The summed E-state index contributed by atoms with van der Waals surface area (Å²) in [5, 5.41) is 0. The van der Waals surface area contributed by atoms with Gasteiger partial charge in [0.1, 0.15) is 4.90 Å². The largest absolute Gasteiger partial charge is 0.344 e. The summed E-state index contributed by atoms with van der Waals surface area (Å²) < 4.78 is 28.3. The lowest BCUT2D eigenvalue weighted by atomic mass is 10.1. The zero-order chi connectivity index (χ0) is 16.7. The Morgan fingerprint density at radius 2 is 1.88 bits per heavy atom. The van der Waals surface area contributed by atoms with Crippen molar-refractivity contribution in [3.05, 3.63) is 29.8 Å². The van der Waals surface area contributed by atoms with Crippen LogP contribution in [-0.2, 0) is 14.8 Å². The van der Waals surface area contributed by atoms with Crippen LogP contribution < -0.4 is 0 Å². The number of sulfonamides is 1. The normalized spacial score (nSPS) is 23.5. The van der Waals surface area contributed by atoms with E-state index in [0.717, 1.165) is 6.54 Å². The van der Waals surface area contributed by atoms with E-state index in [0.29, 0.717) is 30.4 Å². The van der Waals surface area contributed by atoms with Gasteiger partial charge in [-0.2, -0.15) is 8.42 Å². The lowest BCUT2D eigenvalue weighted by molar-refractivity contribution is -0.135. The molecule has 24 heavy (non-hydrogen) atoms. The maximum atomic E-state index is 12.5. The SMILES string of the molecule is O=C1CN(C2=NS(=O)(=O)c3ccccc32)CCN1CC1CCCC1. The molecule has 1 saturated heterocycles. The first-order chi connectivity index (χ1) is 11.5. The molecule has 2 aliphatic heterocycles. The molecule has 0 spiro atoms. The molecule has 1 amide bonds. The van der Waals surface area contributed by atoms with Gasteiger partial charge in [0.2, 0.25) is 5.91 Å². The number of carbonyl (C=O) groups excluding carboxylic acids is 1. The molecule has 0 unspecified atom stereocenters. The van der Waals surface area contributed by atoms with Gasteiger partial charge in [-0.05, 0) is 30.9 Å². The van der Waals surface area contributed by atoms with E-state index in [1.807, 2.05) is 4.90 Å². The lowest BCUT2D eigenvalue weighted by Crippen LogP contribution is -2.53. The van der Waals surface area contributed by atoms with Crippen LogP contribution in [0.25, 0.3) is 0 Å². The monoisotopic (exact) mass is 347 g/mol. The first-order valence-corrected chi connectivity index (χ1v) is 9.96. The Balaban J connectivity index is 1.50. The number of amidine groups is 1. The van der Waals surface area contributed by atoms with E-state index >= 15 is 0 Å². The van der Waals surface area contributed by atoms with Crippen LogP contribution in [0.3, 0.4) is 0 Å². The standard InChI is InChI=1S/C17H21N3O3S/c21-16-12-20(10-9-19(16)11-13-5-1-2-6-13)17-14-7-3-4-8-15(14)24(22,23)18-17/h3-4,7-8,13H,1-2,5-6,9-12H2. The fraction of sp³-hybridized carbons (Fsp3) is 0.529. The Morgan fingerprint density at radius 1 is 1.12 bits per heavy atom. The van der Waals surface area contributed by atoms with Crippen molar-refractivity contribution >= 4 is 21.8 Å². The molecule has 7 heteroatoms. The van der Waals surface area contributed by atoms with E-state index in [9.17, 15) is 13.2 Å². The van der Waals surface area contributed by atoms with E-state index in [1.54, 1.807) is 29.2 Å². The van der Waals surface area contributed by atoms with Crippen LogP contribution in [0.4, 0.5) is 0 Å². The zero-order valence-electron chi connectivity index (χ0n) is 13.5. The number of fused-ring (bicyclic) bond motifs is 1. The summed E-state index contributed by atoms with van der Waals surface area (Å²) >= 11 is 0. The lowest BCUT2D eigenvalue weighted by Gasteiger charge is -2.36. The Hall–Kier alpha value is -1.89. The topological polar surface area (TPSA) is 70.0 Å². The molecule has 0 atom stereocenters. The quantitative estimate of drug-likeness (QED) is 0.812. The molecule has 2 heterocycles. The molecular formula is C17H21N3O3S. The number of hydrogen-bond acceptors (Lipinski definition) is 4. The van der Waals surface area contributed by atoms with E-state index in [1.165, 1.54) is 25.7 Å². The highest BCUT2D eigenvalue weighted by molar-refractivity contribution is 7.90. The number of hydrogen-bond donors (Lipinski definition) is 0. The summed E-state index contributed by atoms with van der Waals surface area (Å²) in [5.74, 6) is 1.11. The number of benzene rings is 1. The van der Waals surface area contributed by atoms with Crippen molar-refractivity contribution in [3.8, 4) is 0 Å². The highest BCUT2D eigenvalue weighted by Crippen LogP contribution is 2.29. The molecular weight excluding hydrogens is 326 g/mol. The molecule has 2 fully saturated rings. The van der Waals surface area contributed by atoms with Crippen molar-refractivity contribution in [2.75, 3.05) is 26.2 Å². The molecule has 1 aliphatic carbocycles. The molecule has 1 saturated carbocycles. The van der Waals surface area contributed by atoms with Crippen LogP contribution in [0, 0.1) is 5.92 Å². The number of carbonyl (C=O) groups is 1. The van der Waals surface area contributed by atoms with E-state index in [-0.39, 0.29) is 17.3 Å². The summed E-state index contributed by atoms with van der Waals surface area (Å²) in [6.07, 6.45) is 4.96. The number of rotatable bonds is 2. The minimum absolute atomic E-state index is 0.0672. The molecule has 0 aromatic heterocycles. The third-order valence-corrected chi connectivity index (χ3v) is 6.51. The fourth-order valence-corrected chi connectivity index (χ4v) is 5.13. The first kappa shape index (κ1) is 15.6. The van der Waals surface area contributed by atoms with Crippen molar-refractivity contribution in [3.63, 3.8) is 0 Å². The van der Waals surface area contributed by atoms with Crippen LogP contribution in [0.2, 0.25) is 0 Å². The van der Waals surface area contributed by atoms with Crippen LogP contribution in [0.15, 0.2) is 33.6 Å². The van der Waals surface area contributed by atoms with Gasteiger partial charge >= 0.3 is 0 Å². The summed E-state index contributed by atoms with van der Waals surface area (Å²) in [6.45, 7) is 2.31. The van der Waals surface area contributed by atoms with Crippen LogP contribution in [0.1, 0.15) is 31.2 Å². The van der Waals surface area contributed by atoms with Crippen molar-refractivity contribution < 1.29 is 13.2 Å². The van der Waals surface area contributed by atoms with Crippen molar-refractivity contribution in [2.45, 2.75) is 30.6 Å². The van der Waals surface area contributed by atoms with Crippen molar-refractivity contribution in [2.24, 2.45) is 10.3 Å². The maximum absolute atomic E-state index is 12.5. The number of nitrogens with zero attached hydrogens (tertiary/aromatic N) is 3. The fourth-order valence-electron chi connectivity index (χ4n) is 3.90. The Morgan fingerprint density at radius 3 is 2.62 bits per heavy atom. The summed E-state index contributed by atoms with van der Waals surface area (Å²) in [4.78, 5) is 16.5. The highest BCUT2D eigenvalue weighted by Gasteiger charge is 2.35. The smallest absolute Gasteiger partial charge is 0.285 e. The van der Waals surface area contributed by atoms with Gasteiger partial charge in [0, 0.05) is 25.2 Å². The molecule has 0 bridgehead atoms. The van der Waals surface area contributed by atoms with Crippen molar-refractivity contribution in [1.82, 2.24) is 9.80 Å². The molecule has 1 aromatic rings.